The smallest absolute Gasteiger partial charge is 0.246 e. The first-order valence-corrected chi connectivity index (χ1v) is 7.12. The summed E-state index contributed by atoms with van der Waals surface area (Å²) in [4.78, 5) is 14.2. The fourth-order valence-corrected chi connectivity index (χ4v) is 2.81. The van der Waals surface area contributed by atoms with Crippen molar-refractivity contribution in [2.75, 3.05) is 37.5 Å². The lowest BCUT2D eigenvalue weighted by atomic mass is 10.1. The van der Waals surface area contributed by atoms with E-state index in [4.69, 9.17) is 4.74 Å². The molecule has 1 fully saturated rings. The number of amides is 1. The Hall–Kier alpha value is -1.59. The highest BCUT2D eigenvalue weighted by atomic mass is 16.5. The molecule has 5 heteroatoms. The SMILES string of the molecule is CNC1C(=O)Nc2cc(N(CCOC)C3CC3)ccc21. The predicted octanol–water partition coefficient (Wildman–Crippen LogP) is 1.51. The maximum atomic E-state index is 11.9. The Kier molecular flexibility index (Phi) is 3.63. The molecule has 1 unspecified atom stereocenters. The lowest BCUT2D eigenvalue weighted by molar-refractivity contribution is -0.117. The zero-order valence-electron chi connectivity index (χ0n) is 12.0. The number of anilines is 2. The number of nitrogens with zero attached hydrogens (tertiary/aromatic N) is 1. The highest BCUT2D eigenvalue weighted by Gasteiger charge is 2.32. The van der Waals surface area contributed by atoms with Gasteiger partial charge in [-0.05, 0) is 32.0 Å². The highest BCUT2D eigenvalue weighted by Crippen LogP contribution is 2.37. The minimum Gasteiger partial charge on any atom is -0.383 e. The number of carbonyl (C=O) groups is 1. The Balaban J connectivity index is 1.84. The second-order valence-electron chi connectivity index (χ2n) is 5.40. The van der Waals surface area contributed by atoms with Crippen molar-refractivity contribution in [3.63, 3.8) is 0 Å². The first-order chi connectivity index (χ1) is 9.74. The van der Waals surface area contributed by atoms with Crippen molar-refractivity contribution in [2.24, 2.45) is 0 Å². The van der Waals surface area contributed by atoms with E-state index >= 15 is 0 Å². The summed E-state index contributed by atoms with van der Waals surface area (Å²) in [5.74, 6) is 0.0227. The molecule has 0 aromatic heterocycles. The standard InChI is InChI=1S/C15H21N3O2/c1-16-14-12-6-5-11(9-13(12)17-15(14)19)18(7-8-20-2)10-3-4-10/h5-6,9-10,14,16H,3-4,7-8H2,1-2H3,(H,17,19). The number of methoxy groups -OCH3 is 1. The zero-order chi connectivity index (χ0) is 14.1. The number of fused-ring (bicyclic) bond motifs is 1. The summed E-state index contributed by atoms with van der Waals surface area (Å²) in [6.07, 6.45) is 2.48. The molecule has 20 heavy (non-hydrogen) atoms. The van der Waals surface area contributed by atoms with Crippen molar-refractivity contribution in [1.29, 1.82) is 0 Å². The fourth-order valence-electron chi connectivity index (χ4n) is 2.81. The van der Waals surface area contributed by atoms with E-state index in [1.165, 1.54) is 18.5 Å². The molecule has 2 aliphatic rings. The van der Waals surface area contributed by atoms with Gasteiger partial charge < -0.3 is 20.3 Å². The van der Waals surface area contributed by atoms with Crippen molar-refractivity contribution in [1.82, 2.24) is 5.32 Å². The monoisotopic (exact) mass is 275 g/mol. The first kappa shape index (κ1) is 13.4. The van der Waals surface area contributed by atoms with Crippen molar-refractivity contribution in [2.45, 2.75) is 24.9 Å². The van der Waals surface area contributed by atoms with Crippen LogP contribution in [0.15, 0.2) is 18.2 Å². The summed E-state index contributed by atoms with van der Waals surface area (Å²) >= 11 is 0. The van der Waals surface area contributed by atoms with Gasteiger partial charge in [-0.25, -0.2) is 0 Å². The van der Waals surface area contributed by atoms with Crippen LogP contribution >= 0.6 is 0 Å². The Bertz CT molecular complexity index is 514. The van der Waals surface area contributed by atoms with E-state index in [1.807, 2.05) is 13.1 Å². The van der Waals surface area contributed by atoms with E-state index < -0.39 is 0 Å². The lowest BCUT2D eigenvalue weighted by Crippen LogP contribution is -2.29. The van der Waals surface area contributed by atoms with Gasteiger partial charge >= 0.3 is 0 Å². The van der Waals surface area contributed by atoms with Crippen LogP contribution in [0.1, 0.15) is 24.4 Å². The molecule has 1 heterocycles. The molecule has 1 aliphatic carbocycles. The maximum Gasteiger partial charge on any atom is 0.246 e. The van der Waals surface area contributed by atoms with Crippen molar-refractivity contribution in [3.05, 3.63) is 23.8 Å². The minimum absolute atomic E-state index is 0.0227. The van der Waals surface area contributed by atoms with Gasteiger partial charge in [0.25, 0.3) is 0 Å². The van der Waals surface area contributed by atoms with Crippen LogP contribution in [0.3, 0.4) is 0 Å². The van der Waals surface area contributed by atoms with E-state index in [1.54, 1.807) is 7.11 Å². The fraction of sp³-hybridized carbons (Fsp3) is 0.533. The van der Waals surface area contributed by atoms with Crippen LogP contribution in [0.2, 0.25) is 0 Å². The molecule has 1 aromatic carbocycles. The Labute approximate surface area is 119 Å². The van der Waals surface area contributed by atoms with E-state index in [0.29, 0.717) is 6.04 Å². The minimum atomic E-state index is -0.229. The predicted molar refractivity (Wildman–Crippen MR) is 79.1 cm³/mol. The largest absolute Gasteiger partial charge is 0.383 e. The molecule has 108 valence electrons. The maximum absolute atomic E-state index is 11.9. The number of likely N-dealkylation sites (N-methyl/N-ethyl adjacent to an activating group) is 1. The summed E-state index contributed by atoms with van der Waals surface area (Å²) in [6.45, 7) is 1.61. The summed E-state index contributed by atoms with van der Waals surface area (Å²) in [6, 6.07) is 6.63. The van der Waals surface area contributed by atoms with Gasteiger partial charge in [-0.2, -0.15) is 0 Å². The quantitative estimate of drug-likeness (QED) is 0.826. The summed E-state index contributed by atoms with van der Waals surface area (Å²) < 4.78 is 5.19. The Morgan fingerprint density at radius 3 is 2.90 bits per heavy atom. The molecule has 1 aliphatic heterocycles. The Morgan fingerprint density at radius 1 is 1.45 bits per heavy atom. The van der Waals surface area contributed by atoms with Crippen LogP contribution in [0.5, 0.6) is 0 Å². The summed E-state index contributed by atoms with van der Waals surface area (Å²) in [5.41, 5.74) is 3.12. The van der Waals surface area contributed by atoms with Crippen LogP contribution in [0, 0.1) is 0 Å². The van der Waals surface area contributed by atoms with Gasteiger partial charge in [0.2, 0.25) is 5.91 Å². The van der Waals surface area contributed by atoms with Crippen LogP contribution in [-0.2, 0) is 9.53 Å². The molecule has 0 spiro atoms. The molecule has 0 bridgehead atoms. The number of rotatable bonds is 6. The van der Waals surface area contributed by atoms with Crippen molar-refractivity contribution >= 4 is 17.3 Å². The third kappa shape index (κ3) is 2.39. The third-order valence-electron chi connectivity index (χ3n) is 4.01. The molecular formula is C15H21N3O2. The molecule has 1 amide bonds. The number of carbonyl (C=O) groups excluding carboxylic acids is 1. The van der Waals surface area contributed by atoms with Crippen LogP contribution in [0.25, 0.3) is 0 Å². The van der Waals surface area contributed by atoms with Gasteiger partial charge in [0.05, 0.1) is 6.61 Å². The summed E-state index contributed by atoms with van der Waals surface area (Å²) in [5, 5.41) is 5.99. The van der Waals surface area contributed by atoms with Gasteiger partial charge in [-0.1, -0.05) is 6.07 Å². The molecule has 0 saturated heterocycles. The number of nitrogens with one attached hydrogen (secondary N) is 2. The molecule has 1 aromatic rings. The molecule has 1 atom stereocenters. The van der Waals surface area contributed by atoms with E-state index in [-0.39, 0.29) is 11.9 Å². The van der Waals surface area contributed by atoms with E-state index in [9.17, 15) is 4.79 Å². The molecule has 2 N–H and O–H groups in total. The van der Waals surface area contributed by atoms with Gasteiger partial charge in [0, 0.05) is 36.6 Å². The molecular weight excluding hydrogens is 254 g/mol. The molecule has 1 saturated carbocycles. The average molecular weight is 275 g/mol. The third-order valence-corrected chi connectivity index (χ3v) is 4.01. The van der Waals surface area contributed by atoms with Crippen LogP contribution in [0.4, 0.5) is 11.4 Å². The zero-order valence-corrected chi connectivity index (χ0v) is 12.0. The number of ether oxygens (including phenoxy) is 1. The topological polar surface area (TPSA) is 53.6 Å². The van der Waals surface area contributed by atoms with Gasteiger partial charge in [0.15, 0.2) is 0 Å². The Morgan fingerprint density at radius 2 is 2.25 bits per heavy atom. The lowest BCUT2D eigenvalue weighted by Gasteiger charge is -2.25. The van der Waals surface area contributed by atoms with Crippen LogP contribution in [-0.4, -0.2) is 39.3 Å². The molecule has 5 nitrogen and oxygen atoms in total. The second kappa shape index (κ2) is 5.42. The summed E-state index contributed by atoms with van der Waals surface area (Å²) in [7, 11) is 3.54. The molecule has 0 radical (unpaired) electrons. The van der Waals surface area contributed by atoms with Gasteiger partial charge in [-0.3, -0.25) is 4.79 Å². The second-order valence-corrected chi connectivity index (χ2v) is 5.40. The highest BCUT2D eigenvalue weighted by molar-refractivity contribution is 6.03. The van der Waals surface area contributed by atoms with E-state index in [2.05, 4.69) is 27.7 Å². The van der Waals surface area contributed by atoms with E-state index in [0.717, 1.165) is 24.4 Å². The van der Waals surface area contributed by atoms with Gasteiger partial charge in [-0.15, -0.1) is 0 Å². The number of benzene rings is 1. The molecule has 3 rings (SSSR count). The average Bonchev–Trinajstić information content (AvgIpc) is 3.22. The number of hydrogen-bond acceptors (Lipinski definition) is 4. The first-order valence-electron chi connectivity index (χ1n) is 7.12. The number of hydrogen-bond donors (Lipinski definition) is 2. The van der Waals surface area contributed by atoms with Gasteiger partial charge in [0.1, 0.15) is 6.04 Å². The van der Waals surface area contributed by atoms with Crippen LogP contribution < -0.4 is 15.5 Å². The van der Waals surface area contributed by atoms with Crippen molar-refractivity contribution < 1.29 is 9.53 Å². The normalized spacial score (nSPS) is 20.7. The van der Waals surface area contributed by atoms with Crippen molar-refractivity contribution in [3.8, 4) is 0 Å².